The van der Waals surface area contributed by atoms with E-state index in [0.717, 1.165) is 54.3 Å². The topological polar surface area (TPSA) is 45.2 Å². The van der Waals surface area contributed by atoms with Gasteiger partial charge < -0.3 is 4.90 Å². The van der Waals surface area contributed by atoms with Gasteiger partial charge in [-0.05, 0) is 24.3 Å². The molecule has 0 atom stereocenters. The molecule has 0 amide bonds. The summed E-state index contributed by atoms with van der Waals surface area (Å²) in [7, 11) is 0. The summed E-state index contributed by atoms with van der Waals surface area (Å²) in [5, 5.41) is 1.09. The number of hydrogen-bond donors (Lipinski definition) is 0. The van der Waals surface area contributed by atoms with Crippen LogP contribution in [-0.4, -0.2) is 52.6 Å². The number of para-hydroxylation sites is 1. The Kier molecular flexibility index (Phi) is 4.28. The Labute approximate surface area is 147 Å². The molecule has 4 rings (SSSR count). The highest BCUT2D eigenvalue weighted by Gasteiger charge is 2.20. The number of pyridine rings is 1. The van der Waals surface area contributed by atoms with Gasteiger partial charge in [0.25, 0.3) is 0 Å². The number of nitrogens with zero attached hydrogens (tertiary/aromatic N) is 5. The lowest BCUT2D eigenvalue weighted by molar-refractivity contribution is 0.287. The maximum absolute atomic E-state index is 5.43. The average molecular weight is 329 g/mol. The number of fused-ring (bicyclic) bond motifs is 1. The van der Waals surface area contributed by atoms with Gasteiger partial charge in [0.05, 0.1) is 12.1 Å². The van der Waals surface area contributed by atoms with Crippen molar-refractivity contribution in [2.45, 2.75) is 0 Å². The molecule has 1 fully saturated rings. The highest BCUT2D eigenvalue weighted by atomic mass is 15.3. The van der Waals surface area contributed by atoms with Crippen LogP contribution in [0.3, 0.4) is 0 Å². The van der Waals surface area contributed by atoms with Crippen molar-refractivity contribution in [3.8, 4) is 23.7 Å². The van der Waals surface area contributed by atoms with Crippen LogP contribution >= 0.6 is 0 Å². The summed E-state index contributed by atoms with van der Waals surface area (Å²) in [5.74, 6) is 4.46. The van der Waals surface area contributed by atoms with E-state index >= 15 is 0 Å². The van der Waals surface area contributed by atoms with E-state index in [1.54, 1.807) is 12.4 Å². The number of anilines is 1. The number of rotatable bonds is 3. The van der Waals surface area contributed by atoms with E-state index in [-0.39, 0.29) is 0 Å². The monoisotopic (exact) mass is 329 g/mol. The smallest absolute Gasteiger partial charge is 0.162 e. The van der Waals surface area contributed by atoms with Crippen molar-refractivity contribution in [1.82, 2.24) is 19.9 Å². The van der Waals surface area contributed by atoms with Gasteiger partial charge in [0, 0.05) is 49.5 Å². The third-order valence-electron chi connectivity index (χ3n) is 4.51. The lowest BCUT2D eigenvalue weighted by Crippen LogP contribution is -2.46. The van der Waals surface area contributed by atoms with Crippen LogP contribution in [0.2, 0.25) is 0 Å². The fraction of sp³-hybridized carbons (Fsp3) is 0.250. The molecule has 124 valence electrons. The number of benzene rings is 1. The second kappa shape index (κ2) is 6.88. The van der Waals surface area contributed by atoms with Gasteiger partial charge in [0.15, 0.2) is 5.82 Å². The maximum atomic E-state index is 5.43. The zero-order chi connectivity index (χ0) is 17.1. The van der Waals surface area contributed by atoms with Crippen molar-refractivity contribution >= 4 is 16.7 Å². The third-order valence-corrected chi connectivity index (χ3v) is 4.51. The molecule has 1 aliphatic heterocycles. The van der Waals surface area contributed by atoms with Crippen molar-refractivity contribution in [2.75, 3.05) is 37.6 Å². The predicted octanol–water partition coefficient (Wildman–Crippen LogP) is 2.45. The molecule has 3 heterocycles. The molecule has 1 aliphatic rings. The first-order chi connectivity index (χ1) is 12.3. The van der Waals surface area contributed by atoms with Gasteiger partial charge in [-0.25, -0.2) is 9.97 Å². The summed E-state index contributed by atoms with van der Waals surface area (Å²) in [6, 6.07) is 12.1. The van der Waals surface area contributed by atoms with Gasteiger partial charge in [-0.2, -0.15) is 0 Å². The molecule has 0 aliphatic carbocycles. The minimum absolute atomic E-state index is 0.709. The molecular weight excluding hydrogens is 310 g/mol. The molecule has 0 radical (unpaired) electrons. The average Bonchev–Trinajstić information content (AvgIpc) is 2.69. The van der Waals surface area contributed by atoms with Crippen molar-refractivity contribution < 1.29 is 0 Å². The molecule has 2 aromatic heterocycles. The molecular formula is C20H19N5. The van der Waals surface area contributed by atoms with Gasteiger partial charge in [-0.1, -0.05) is 18.1 Å². The van der Waals surface area contributed by atoms with E-state index in [1.807, 2.05) is 30.3 Å². The zero-order valence-electron chi connectivity index (χ0n) is 14.0. The first-order valence-electron chi connectivity index (χ1n) is 8.43. The Hall–Kier alpha value is -2.97. The van der Waals surface area contributed by atoms with Crippen molar-refractivity contribution in [3.63, 3.8) is 0 Å². The highest BCUT2D eigenvalue weighted by Crippen LogP contribution is 2.28. The largest absolute Gasteiger partial charge is 0.353 e. The lowest BCUT2D eigenvalue weighted by atomic mass is 10.2. The Morgan fingerprint density at radius 3 is 2.48 bits per heavy atom. The van der Waals surface area contributed by atoms with Crippen LogP contribution in [0.1, 0.15) is 0 Å². The number of aromatic nitrogens is 3. The van der Waals surface area contributed by atoms with E-state index in [1.165, 1.54) is 0 Å². The highest BCUT2D eigenvalue weighted by molar-refractivity contribution is 5.91. The molecule has 5 nitrogen and oxygen atoms in total. The Morgan fingerprint density at radius 1 is 0.960 bits per heavy atom. The maximum Gasteiger partial charge on any atom is 0.162 e. The fourth-order valence-electron chi connectivity index (χ4n) is 3.18. The van der Waals surface area contributed by atoms with Crippen molar-refractivity contribution in [2.24, 2.45) is 0 Å². The molecule has 0 N–H and O–H groups in total. The second-order valence-electron chi connectivity index (χ2n) is 6.09. The van der Waals surface area contributed by atoms with E-state index in [2.05, 4.69) is 26.8 Å². The molecule has 25 heavy (non-hydrogen) atoms. The second-order valence-corrected chi connectivity index (χ2v) is 6.09. The van der Waals surface area contributed by atoms with E-state index in [4.69, 9.17) is 16.4 Å². The van der Waals surface area contributed by atoms with Crippen LogP contribution in [0, 0.1) is 12.3 Å². The van der Waals surface area contributed by atoms with Gasteiger partial charge in [-0.15, -0.1) is 6.42 Å². The lowest BCUT2D eigenvalue weighted by Gasteiger charge is -2.35. The first kappa shape index (κ1) is 15.6. The molecule has 1 aromatic carbocycles. The third kappa shape index (κ3) is 3.17. The Balaban J connectivity index is 1.74. The summed E-state index contributed by atoms with van der Waals surface area (Å²) in [6.07, 6.45) is 8.97. The normalized spacial score (nSPS) is 15.2. The van der Waals surface area contributed by atoms with Crippen LogP contribution in [-0.2, 0) is 0 Å². The fourth-order valence-corrected chi connectivity index (χ4v) is 3.18. The summed E-state index contributed by atoms with van der Waals surface area (Å²) in [4.78, 5) is 18.4. The van der Waals surface area contributed by atoms with Crippen LogP contribution < -0.4 is 4.90 Å². The SMILES string of the molecule is C#CCN1CCN(c2nc(-c3ccncc3)nc3ccccc23)CC1. The minimum atomic E-state index is 0.709. The molecule has 0 unspecified atom stereocenters. The van der Waals surface area contributed by atoms with E-state index < -0.39 is 0 Å². The predicted molar refractivity (Wildman–Crippen MR) is 100 cm³/mol. The van der Waals surface area contributed by atoms with Gasteiger partial charge in [-0.3, -0.25) is 9.88 Å². The van der Waals surface area contributed by atoms with Gasteiger partial charge in [0.2, 0.25) is 0 Å². The minimum Gasteiger partial charge on any atom is -0.353 e. The number of terminal acetylenes is 1. The van der Waals surface area contributed by atoms with Crippen molar-refractivity contribution in [3.05, 3.63) is 48.8 Å². The van der Waals surface area contributed by atoms with Crippen LogP contribution in [0.25, 0.3) is 22.3 Å². The summed E-state index contributed by atoms with van der Waals surface area (Å²) >= 11 is 0. The van der Waals surface area contributed by atoms with Crippen molar-refractivity contribution in [1.29, 1.82) is 0 Å². The summed E-state index contributed by atoms with van der Waals surface area (Å²) in [6.45, 7) is 4.44. The molecule has 3 aromatic rings. The van der Waals surface area contributed by atoms with E-state index in [9.17, 15) is 0 Å². The number of piperazine rings is 1. The Bertz CT molecular complexity index is 908. The number of hydrogen-bond acceptors (Lipinski definition) is 5. The van der Waals surface area contributed by atoms with Gasteiger partial charge in [0.1, 0.15) is 5.82 Å². The quantitative estimate of drug-likeness (QED) is 0.691. The van der Waals surface area contributed by atoms with Crippen LogP contribution in [0.5, 0.6) is 0 Å². The summed E-state index contributed by atoms with van der Waals surface area (Å²) in [5.41, 5.74) is 1.94. The molecule has 5 heteroatoms. The molecule has 0 spiro atoms. The molecule has 0 bridgehead atoms. The first-order valence-corrected chi connectivity index (χ1v) is 8.43. The van der Waals surface area contributed by atoms with Crippen LogP contribution in [0.15, 0.2) is 48.8 Å². The molecule has 1 saturated heterocycles. The van der Waals surface area contributed by atoms with Crippen LogP contribution in [0.4, 0.5) is 5.82 Å². The Morgan fingerprint density at radius 2 is 1.72 bits per heavy atom. The zero-order valence-corrected chi connectivity index (χ0v) is 14.0. The standard InChI is InChI=1S/C20H19N5/c1-2-11-24-12-14-25(15-13-24)20-17-5-3-4-6-18(17)22-19(23-20)16-7-9-21-10-8-16/h1,3-10H,11-15H2. The van der Waals surface area contributed by atoms with Gasteiger partial charge >= 0.3 is 0 Å². The van der Waals surface area contributed by atoms with E-state index in [0.29, 0.717) is 6.54 Å². The molecule has 0 saturated carbocycles. The summed E-state index contributed by atoms with van der Waals surface area (Å²) < 4.78 is 0.